The van der Waals surface area contributed by atoms with Gasteiger partial charge in [-0.25, -0.2) is 12.8 Å². The highest BCUT2D eigenvalue weighted by Crippen LogP contribution is 2.28. The molecule has 0 atom stereocenters. The second-order valence-electron chi connectivity index (χ2n) is 6.81. The molecular weight excluding hydrogens is 405 g/mol. The van der Waals surface area contributed by atoms with Gasteiger partial charge in [-0.2, -0.15) is 0 Å². The largest absolute Gasteiger partial charge is 0.337 e. The highest BCUT2D eigenvalue weighted by atomic mass is 32.2. The number of hydrogen-bond acceptors (Lipinski definition) is 4. The van der Waals surface area contributed by atoms with E-state index in [1.165, 1.54) is 36.7 Å². The molecule has 2 aromatic heterocycles. The average molecular weight is 423 g/mol. The summed E-state index contributed by atoms with van der Waals surface area (Å²) in [4.78, 5) is 16.6. The number of para-hydroxylation sites is 1. The van der Waals surface area contributed by atoms with Crippen molar-refractivity contribution < 1.29 is 17.6 Å². The van der Waals surface area contributed by atoms with Gasteiger partial charge >= 0.3 is 0 Å². The summed E-state index contributed by atoms with van der Waals surface area (Å²) in [5.74, 6) is -0.984. The van der Waals surface area contributed by atoms with E-state index in [9.17, 15) is 17.6 Å². The van der Waals surface area contributed by atoms with Crippen LogP contribution in [-0.4, -0.2) is 23.9 Å². The van der Waals surface area contributed by atoms with Gasteiger partial charge in [0.15, 0.2) is 9.84 Å². The Morgan fingerprint density at radius 2 is 1.80 bits per heavy atom. The van der Waals surface area contributed by atoms with Crippen LogP contribution in [0.2, 0.25) is 0 Å². The van der Waals surface area contributed by atoms with E-state index in [4.69, 9.17) is 0 Å². The Balaban J connectivity index is 1.65. The summed E-state index contributed by atoms with van der Waals surface area (Å²) in [5.41, 5.74) is 1.68. The molecule has 30 heavy (non-hydrogen) atoms. The SMILES string of the molecule is O=C(Cn1cc(S(=O)(=O)Cc2ccc(F)cc2)c2ccccc21)Nc1cccnc1. The van der Waals surface area contributed by atoms with Crippen LogP contribution in [0.4, 0.5) is 10.1 Å². The lowest BCUT2D eigenvalue weighted by molar-refractivity contribution is -0.116. The molecule has 0 unspecified atom stereocenters. The zero-order chi connectivity index (χ0) is 21.1. The van der Waals surface area contributed by atoms with E-state index in [0.29, 0.717) is 22.2 Å². The van der Waals surface area contributed by atoms with E-state index < -0.39 is 15.7 Å². The van der Waals surface area contributed by atoms with Gasteiger partial charge in [-0.1, -0.05) is 30.3 Å². The Kier molecular flexibility index (Phi) is 5.33. The molecule has 4 aromatic rings. The second kappa shape index (κ2) is 8.08. The van der Waals surface area contributed by atoms with Gasteiger partial charge in [-0.3, -0.25) is 9.78 Å². The molecule has 0 fully saturated rings. The number of halogens is 1. The van der Waals surface area contributed by atoms with Gasteiger partial charge in [0.25, 0.3) is 0 Å². The number of aromatic nitrogens is 2. The Labute approximate surface area is 172 Å². The van der Waals surface area contributed by atoms with Crippen molar-refractivity contribution >= 4 is 32.3 Å². The Hall–Kier alpha value is -3.52. The summed E-state index contributed by atoms with van der Waals surface area (Å²) >= 11 is 0. The van der Waals surface area contributed by atoms with E-state index >= 15 is 0 Å². The molecule has 0 bridgehead atoms. The predicted molar refractivity (Wildman–Crippen MR) is 112 cm³/mol. The lowest BCUT2D eigenvalue weighted by Gasteiger charge is -2.06. The van der Waals surface area contributed by atoms with Crippen LogP contribution in [0.3, 0.4) is 0 Å². The summed E-state index contributed by atoms with van der Waals surface area (Å²) < 4.78 is 40.9. The van der Waals surface area contributed by atoms with Gasteiger partial charge in [0.2, 0.25) is 5.91 Å². The number of fused-ring (bicyclic) bond motifs is 1. The third-order valence-corrected chi connectivity index (χ3v) is 6.33. The number of amides is 1. The molecule has 0 saturated carbocycles. The van der Waals surface area contributed by atoms with Crippen LogP contribution in [0.5, 0.6) is 0 Å². The van der Waals surface area contributed by atoms with Crippen LogP contribution >= 0.6 is 0 Å². The molecule has 2 heterocycles. The van der Waals surface area contributed by atoms with Crippen molar-refractivity contribution in [2.45, 2.75) is 17.2 Å². The van der Waals surface area contributed by atoms with Crippen LogP contribution in [0, 0.1) is 5.82 Å². The van der Waals surface area contributed by atoms with Gasteiger partial charge in [-0.05, 0) is 35.9 Å². The van der Waals surface area contributed by atoms with E-state index in [1.807, 2.05) is 0 Å². The molecule has 0 radical (unpaired) electrons. The molecule has 0 aliphatic carbocycles. The van der Waals surface area contributed by atoms with Crippen LogP contribution in [0.25, 0.3) is 10.9 Å². The Bertz CT molecular complexity index is 1300. The fourth-order valence-electron chi connectivity index (χ4n) is 3.26. The number of carbonyl (C=O) groups is 1. The van der Waals surface area contributed by atoms with Crippen molar-refractivity contribution in [2.24, 2.45) is 0 Å². The maximum atomic E-state index is 13.1. The topological polar surface area (TPSA) is 81.1 Å². The fourth-order valence-corrected chi connectivity index (χ4v) is 4.84. The molecule has 1 N–H and O–H groups in total. The lowest BCUT2D eigenvalue weighted by Crippen LogP contribution is -2.18. The third kappa shape index (κ3) is 4.23. The maximum Gasteiger partial charge on any atom is 0.244 e. The molecule has 8 heteroatoms. The van der Waals surface area contributed by atoms with E-state index in [2.05, 4.69) is 10.3 Å². The van der Waals surface area contributed by atoms with Gasteiger partial charge < -0.3 is 9.88 Å². The number of sulfone groups is 1. The number of hydrogen-bond donors (Lipinski definition) is 1. The summed E-state index contributed by atoms with van der Waals surface area (Å²) in [6.45, 7) is -0.0541. The number of carbonyl (C=O) groups excluding carboxylic acids is 1. The number of nitrogens with zero attached hydrogens (tertiary/aromatic N) is 2. The van der Waals surface area contributed by atoms with E-state index in [1.54, 1.807) is 47.2 Å². The Morgan fingerprint density at radius 3 is 2.53 bits per heavy atom. The summed E-state index contributed by atoms with van der Waals surface area (Å²) in [7, 11) is -3.71. The molecule has 0 aliphatic rings. The number of benzene rings is 2. The molecule has 0 spiro atoms. The van der Waals surface area contributed by atoms with Gasteiger partial charge in [0.05, 0.1) is 22.5 Å². The van der Waals surface area contributed by atoms with Crippen molar-refractivity contribution in [2.75, 3.05) is 5.32 Å². The normalized spacial score (nSPS) is 11.5. The molecule has 6 nitrogen and oxygen atoms in total. The molecule has 2 aromatic carbocycles. The van der Waals surface area contributed by atoms with Crippen LogP contribution < -0.4 is 5.32 Å². The predicted octanol–water partition coefficient (Wildman–Crippen LogP) is 3.79. The average Bonchev–Trinajstić information content (AvgIpc) is 3.10. The first-order valence-electron chi connectivity index (χ1n) is 9.17. The minimum atomic E-state index is -3.71. The first-order valence-corrected chi connectivity index (χ1v) is 10.8. The van der Waals surface area contributed by atoms with Crippen molar-refractivity contribution in [3.05, 3.63) is 90.6 Å². The molecular formula is C22H18FN3O3S. The smallest absolute Gasteiger partial charge is 0.244 e. The van der Waals surface area contributed by atoms with Crippen LogP contribution in [-0.2, 0) is 26.9 Å². The summed E-state index contributed by atoms with van der Waals surface area (Å²) in [6.07, 6.45) is 4.62. The van der Waals surface area contributed by atoms with Crippen LogP contribution in [0.15, 0.2) is 84.1 Å². The van der Waals surface area contributed by atoms with Crippen molar-refractivity contribution in [1.82, 2.24) is 9.55 Å². The lowest BCUT2D eigenvalue weighted by atomic mass is 10.2. The highest BCUT2D eigenvalue weighted by Gasteiger charge is 2.22. The number of rotatable bonds is 6. The second-order valence-corrected chi connectivity index (χ2v) is 8.77. The standard InChI is InChI=1S/C22H18FN3O3S/c23-17-9-7-16(8-10-17)15-30(28,29)21-13-26(20-6-2-1-5-19(20)21)14-22(27)25-18-4-3-11-24-12-18/h1-13H,14-15H2,(H,25,27). The van der Waals surface area contributed by atoms with Crippen molar-refractivity contribution in [3.8, 4) is 0 Å². The zero-order valence-corrected chi connectivity index (χ0v) is 16.6. The van der Waals surface area contributed by atoms with Crippen LogP contribution in [0.1, 0.15) is 5.56 Å². The van der Waals surface area contributed by atoms with E-state index in [-0.39, 0.29) is 23.1 Å². The quantitative estimate of drug-likeness (QED) is 0.512. The number of pyridine rings is 1. The minimum absolute atomic E-state index is 0.0541. The molecule has 152 valence electrons. The van der Waals surface area contributed by atoms with Gasteiger partial charge in [0, 0.05) is 23.3 Å². The first-order chi connectivity index (χ1) is 14.4. The number of nitrogens with one attached hydrogen (secondary N) is 1. The van der Waals surface area contributed by atoms with Gasteiger partial charge in [0.1, 0.15) is 12.4 Å². The molecule has 4 rings (SSSR count). The monoisotopic (exact) mass is 423 g/mol. The van der Waals surface area contributed by atoms with E-state index in [0.717, 1.165) is 0 Å². The molecule has 0 aliphatic heterocycles. The number of anilines is 1. The zero-order valence-electron chi connectivity index (χ0n) is 15.8. The first kappa shape index (κ1) is 19.8. The molecule has 0 saturated heterocycles. The maximum absolute atomic E-state index is 13.1. The fraction of sp³-hybridized carbons (Fsp3) is 0.0909. The Morgan fingerprint density at radius 1 is 1.03 bits per heavy atom. The minimum Gasteiger partial charge on any atom is -0.337 e. The summed E-state index contributed by atoms with van der Waals surface area (Å²) in [5, 5.41) is 3.28. The van der Waals surface area contributed by atoms with Gasteiger partial charge in [-0.15, -0.1) is 0 Å². The summed E-state index contributed by atoms with van der Waals surface area (Å²) in [6, 6.07) is 15.8. The molecule has 1 amide bonds. The highest BCUT2D eigenvalue weighted by molar-refractivity contribution is 7.90. The third-order valence-electron chi connectivity index (χ3n) is 4.62. The van der Waals surface area contributed by atoms with Crippen molar-refractivity contribution in [3.63, 3.8) is 0 Å². The van der Waals surface area contributed by atoms with Crippen molar-refractivity contribution in [1.29, 1.82) is 0 Å².